The number of hydrogen-bond acceptors (Lipinski definition) is 11. The zero-order valence-electron chi connectivity index (χ0n) is 32.4. The standard InChI is InChI=1S/C40H49N3O11/c1-25-19-26(2)21-29(20-25)34(45)43(39(4,5)6)42(35(46)30-17-14-18-32(50-10)27(30)3)38(49)53-24-52-36(47)31(41-37(48)54-40(7,8)9)22-33(44)51-23-28-15-12-11-13-16-28/h11-21,31H,22-24H2,1-10H3,(H,41,48). The molecule has 0 heterocycles. The zero-order chi connectivity index (χ0) is 40.4. The van der Waals surface area contributed by atoms with E-state index >= 15 is 0 Å². The predicted molar refractivity (Wildman–Crippen MR) is 197 cm³/mol. The van der Waals surface area contributed by atoms with Crippen molar-refractivity contribution in [2.75, 3.05) is 13.9 Å². The third-order valence-corrected chi connectivity index (χ3v) is 7.57. The van der Waals surface area contributed by atoms with E-state index in [4.69, 9.17) is 23.7 Å². The Morgan fingerprint density at radius 3 is 1.96 bits per heavy atom. The summed E-state index contributed by atoms with van der Waals surface area (Å²) in [6.45, 7) is 13.8. The second kappa shape index (κ2) is 18.2. The van der Waals surface area contributed by atoms with Gasteiger partial charge in [-0.15, -0.1) is 5.01 Å². The van der Waals surface area contributed by atoms with E-state index in [0.717, 1.165) is 16.1 Å². The summed E-state index contributed by atoms with van der Waals surface area (Å²) in [4.78, 5) is 81.1. The highest BCUT2D eigenvalue weighted by Crippen LogP contribution is 2.28. The van der Waals surface area contributed by atoms with Crippen LogP contribution in [0.5, 0.6) is 5.75 Å². The average molecular weight is 748 g/mol. The number of methoxy groups -OCH3 is 1. The molecule has 0 spiro atoms. The first-order valence-electron chi connectivity index (χ1n) is 17.1. The van der Waals surface area contributed by atoms with E-state index in [2.05, 4.69) is 5.32 Å². The van der Waals surface area contributed by atoms with Crippen LogP contribution < -0.4 is 10.1 Å². The number of alkyl carbamates (subject to hydrolysis) is 1. The lowest BCUT2D eigenvalue weighted by Crippen LogP contribution is -2.60. The molecule has 0 saturated carbocycles. The molecule has 14 heteroatoms. The molecule has 54 heavy (non-hydrogen) atoms. The molecule has 3 aromatic carbocycles. The topological polar surface area (TPSA) is 167 Å². The van der Waals surface area contributed by atoms with Gasteiger partial charge in [0.25, 0.3) is 11.8 Å². The summed E-state index contributed by atoms with van der Waals surface area (Å²) in [6.07, 6.45) is -3.03. The predicted octanol–water partition coefficient (Wildman–Crippen LogP) is 6.58. The first-order chi connectivity index (χ1) is 25.2. The quantitative estimate of drug-likeness (QED) is 0.0974. The Labute approximate surface area is 315 Å². The van der Waals surface area contributed by atoms with Gasteiger partial charge in [-0.25, -0.2) is 19.4 Å². The molecule has 0 aliphatic rings. The minimum absolute atomic E-state index is 0.0291. The van der Waals surface area contributed by atoms with Gasteiger partial charge in [-0.2, -0.15) is 0 Å². The summed E-state index contributed by atoms with van der Waals surface area (Å²) < 4.78 is 26.4. The monoisotopic (exact) mass is 747 g/mol. The summed E-state index contributed by atoms with van der Waals surface area (Å²) in [5, 5.41) is 3.82. The van der Waals surface area contributed by atoms with Crippen molar-refractivity contribution in [2.45, 2.75) is 92.5 Å². The van der Waals surface area contributed by atoms with E-state index in [1.807, 2.05) is 19.9 Å². The van der Waals surface area contributed by atoms with Crippen LogP contribution in [0.25, 0.3) is 0 Å². The molecule has 0 aromatic heterocycles. The van der Waals surface area contributed by atoms with Crippen molar-refractivity contribution >= 4 is 35.9 Å². The third kappa shape index (κ3) is 12.1. The molecular weight excluding hydrogens is 698 g/mol. The molecular formula is C40H49N3O11. The van der Waals surface area contributed by atoms with Gasteiger partial charge >= 0.3 is 24.1 Å². The van der Waals surface area contributed by atoms with Crippen LogP contribution in [-0.2, 0) is 35.1 Å². The van der Waals surface area contributed by atoms with Crippen molar-refractivity contribution < 1.29 is 52.5 Å². The molecule has 1 unspecified atom stereocenters. The van der Waals surface area contributed by atoms with E-state index in [0.29, 0.717) is 21.9 Å². The van der Waals surface area contributed by atoms with Gasteiger partial charge in [0.15, 0.2) is 0 Å². The normalized spacial score (nSPS) is 11.7. The lowest BCUT2D eigenvalue weighted by atomic mass is 10.0. The lowest BCUT2D eigenvalue weighted by molar-refractivity contribution is -0.160. The number of nitrogens with zero attached hydrogens (tertiary/aromatic N) is 2. The summed E-state index contributed by atoms with van der Waals surface area (Å²) in [6, 6.07) is 17.0. The number of carbonyl (C=O) groups excluding carboxylic acids is 6. The number of amides is 4. The maximum atomic E-state index is 14.3. The Morgan fingerprint density at radius 2 is 1.39 bits per heavy atom. The van der Waals surface area contributed by atoms with Gasteiger partial charge in [0.05, 0.1) is 19.1 Å². The minimum Gasteiger partial charge on any atom is -0.496 e. The second-order valence-electron chi connectivity index (χ2n) is 14.5. The van der Waals surface area contributed by atoms with Crippen LogP contribution in [-0.4, -0.2) is 77.0 Å². The third-order valence-electron chi connectivity index (χ3n) is 7.57. The average Bonchev–Trinajstić information content (AvgIpc) is 3.07. The SMILES string of the molecule is COc1cccc(C(=O)N(C(=O)OCOC(=O)C(CC(=O)OCc2ccccc2)NC(=O)OC(C)(C)C)N(C(=O)c2cc(C)cc(C)c2)C(C)(C)C)c1C. The number of rotatable bonds is 11. The van der Waals surface area contributed by atoms with Gasteiger partial charge in [0, 0.05) is 16.7 Å². The van der Waals surface area contributed by atoms with Crippen molar-refractivity contribution in [2.24, 2.45) is 0 Å². The first-order valence-corrected chi connectivity index (χ1v) is 17.1. The molecule has 0 saturated heterocycles. The molecule has 4 amide bonds. The number of nitrogens with one attached hydrogen (secondary N) is 1. The summed E-state index contributed by atoms with van der Waals surface area (Å²) >= 11 is 0. The van der Waals surface area contributed by atoms with Gasteiger partial charge in [0.2, 0.25) is 6.79 Å². The van der Waals surface area contributed by atoms with Crippen molar-refractivity contribution in [3.8, 4) is 5.75 Å². The van der Waals surface area contributed by atoms with Gasteiger partial charge in [0.1, 0.15) is 24.0 Å². The van der Waals surface area contributed by atoms with E-state index in [1.54, 1.807) is 103 Å². The van der Waals surface area contributed by atoms with Gasteiger partial charge in [-0.3, -0.25) is 14.4 Å². The minimum atomic E-state index is -1.61. The Bertz CT molecular complexity index is 1830. The van der Waals surface area contributed by atoms with Crippen molar-refractivity contribution in [3.63, 3.8) is 0 Å². The van der Waals surface area contributed by atoms with Crippen molar-refractivity contribution in [1.82, 2.24) is 15.3 Å². The number of benzene rings is 3. The Hall–Kier alpha value is -5.92. The van der Waals surface area contributed by atoms with Crippen LogP contribution in [0.1, 0.15) is 90.9 Å². The molecule has 1 N–H and O–H groups in total. The highest BCUT2D eigenvalue weighted by atomic mass is 16.7. The fraction of sp³-hybridized carbons (Fsp3) is 0.400. The van der Waals surface area contributed by atoms with Crippen LogP contribution in [0, 0.1) is 20.8 Å². The zero-order valence-corrected chi connectivity index (χ0v) is 32.4. The van der Waals surface area contributed by atoms with Gasteiger partial charge < -0.3 is 29.0 Å². The number of aryl methyl sites for hydroxylation is 2. The van der Waals surface area contributed by atoms with E-state index in [9.17, 15) is 28.8 Å². The number of ether oxygens (including phenoxy) is 5. The number of hydrogen-bond donors (Lipinski definition) is 1. The van der Waals surface area contributed by atoms with Crippen LogP contribution >= 0.6 is 0 Å². The Balaban J connectivity index is 1.91. The molecule has 3 aromatic rings. The maximum Gasteiger partial charge on any atom is 0.439 e. The highest BCUT2D eigenvalue weighted by Gasteiger charge is 2.42. The molecule has 0 bridgehead atoms. The molecule has 1 atom stereocenters. The fourth-order valence-corrected chi connectivity index (χ4v) is 5.26. The molecule has 0 fully saturated rings. The number of hydrazine groups is 1. The van der Waals surface area contributed by atoms with E-state index in [1.165, 1.54) is 13.2 Å². The lowest BCUT2D eigenvalue weighted by Gasteiger charge is -2.41. The number of carbonyl (C=O) groups is 6. The van der Waals surface area contributed by atoms with Crippen LogP contribution in [0.3, 0.4) is 0 Å². The molecule has 0 aliphatic carbocycles. The second-order valence-corrected chi connectivity index (χ2v) is 14.5. The van der Waals surface area contributed by atoms with E-state index < -0.39 is 66.3 Å². The molecule has 0 aliphatic heterocycles. The molecule has 3 rings (SSSR count). The Kier molecular flexibility index (Phi) is 14.3. The van der Waals surface area contributed by atoms with Crippen LogP contribution in [0.15, 0.2) is 66.7 Å². The molecule has 14 nitrogen and oxygen atoms in total. The first kappa shape index (κ1) is 42.5. The largest absolute Gasteiger partial charge is 0.496 e. The highest BCUT2D eigenvalue weighted by molar-refractivity contribution is 6.07. The smallest absolute Gasteiger partial charge is 0.439 e. The summed E-state index contributed by atoms with van der Waals surface area (Å²) in [5.74, 6) is -3.28. The fourth-order valence-electron chi connectivity index (χ4n) is 5.26. The van der Waals surface area contributed by atoms with Crippen LogP contribution in [0.2, 0.25) is 0 Å². The summed E-state index contributed by atoms with van der Waals surface area (Å²) in [7, 11) is 1.43. The molecule has 0 radical (unpaired) electrons. The van der Waals surface area contributed by atoms with Crippen molar-refractivity contribution in [1.29, 1.82) is 0 Å². The number of imide groups is 1. The maximum absolute atomic E-state index is 14.3. The number of esters is 2. The summed E-state index contributed by atoms with van der Waals surface area (Å²) in [5.41, 5.74) is 0.751. The van der Waals surface area contributed by atoms with Gasteiger partial charge in [-0.05, 0) is 92.1 Å². The van der Waals surface area contributed by atoms with Crippen LogP contribution in [0.4, 0.5) is 9.59 Å². The Morgan fingerprint density at radius 1 is 0.759 bits per heavy atom. The van der Waals surface area contributed by atoms with Gasteiger partial charge in [-0.1, -0.05) is 53.6 Å². The molecule has 290 valence electrons. The van der Waals surface area contributed by atoms with E-state index in [-0.39, 0.29) is 17.7 Å². The van der Waals surface area contributed by atoms with Crippen molar-refractivity contribution in [3.05, 3.63) is 100 Å².